The molecule has 0 spiro atoms. The van der Waals surface area contributed by atoms with Gasteiger partial charge >= 0.3 is 5.97 Å². The van der Waals surface area contributed by atoms with E-state index in [-0.39, 0.29) is 0 Å². The van der Waals surface area contributed by atoms with Gasteiger partial charge < -0.3 is 10.8 Å². The van der Waals surface area contributed by atoms with Gasteiger partial charge in [-0.3, -0.25) is 4.79 Å². The molecule has 1 unspecified atom stereocenters. The maximum Gasteiger partial charge on any atom is 0.320 e. The third-order valence-corrected chi connectivity index (χ3v) is 0.798. The maximum atomic E-state index is 10.3. The van der Waals surface area contributed by atoms with Crippen molar-refractivity contribution in [2.45, 2.75) is 26.3 Å². The molecule has 9 heavy (non-hydrogen) atoms. The Morgan fingerprint density at radius 1 is 2.00 bits per heavy atom. The molecular formula is C6H13NO2. The monoisotopic (exact) mass is 136 g/mol. The van der Waals surface area contributed by atoms with E-state index in [1.165, 1.54) is 13.8 Å². The lowest BCUT2D eigenvalue weighted by molar-refractivity contribution is -0.138. The fourth-order valence-corrected chi connectivity index (χ4v) is 0.430. The van der Waals surface area contributed by atoms with Crippen molar-refractivity contribution in [1.82, 2.24) is 0 Å². The lowest BCUT2D eigenvalue weighted by Crippen LogP contribution is -2.31. The number of carboxylic acids is 1. The first kappa shape index (κ1) is 5.23. The van der Waals surface area contributed by atoms with Crippen molar-refractivity contribution in [3.8, 4) is 0 Å². The topological polar surface area (TPSA) is 63.3 Å². The van der Waals surface area contributed by atoms with E-state index in [1.54, 1.807) is 0 Å². The van der Waals surface area contributed by atoms with E-state index in [9.17, 15) is 4.79 Å². The van der Waals surface area contributed by atoms with E-state index >= 15 is 0 Å². The van der Waals surface area contributed by atoms with Crippen LogP contribution in [0.4, 0.5) is 0 Å². The summed E-state index contributed by atoms with van der Waals surface area (Å²) in [6.07, 6.45) is -1.10. The fourth-order valence-electron chi connectivity index (χ4n) is 0.430. The number of carbonyl (C=O) groups is 1. The van der Waals surface area contributed by atoms with Gasteiger partial charge in [-0.05, 0) is 12.3 Å². The molecule has 0 saturated carbocycles. The standard InChI is InChI=1S/C6H13NO2/c1-4(2)3-5(7)6(8)9/h4-5H,3,7H2,1-2H3,(H,8,9)/t5-/m0/s1/i1+1,3+1D,4D,7+1/t3-,4?,5+/m1. The maximum absolute atomic E-state index is 10.3. The Labute approximate surface area is 57.7 Å². The molecule has 0 radical (unpaired) electrons. The molecule has 0 aromatic carbocycles. The van der Waals surface area contributed by atoms with Crippen LogP contribution in [0.2, 0.25) is 0 Å². The van der Waals surface area contributed by atoms with Crippen molar-refractivity contribution in [2.24, 2.45) is 11.6 Å². The molecular weight excluding hydrogens is 121 g/mol. The second kappa shape index (κ2) is 3.45. The minimum Gasteiger partial charge on any atom is -0.480 e. The van der Waals surface area contributed by atoms with Crippen LogP contribution < -0.4 is 5.73 Å². The molecule has 0 bridgehead atoms. The van der Waals surface area contributed by atoms with Gasteiger partial charge in [-0.15, -0.1) is 0 Å². The number of aliphatic carboxylic acids is 1. The number of hydrogen-bond donors (Lipinski definition) is 2. The lowest BCUT2D eigenvalue weighted by Gasteiger charge is -2.07. The predicted molar refractivity (Wildman–Crippen MR) is 35.1 cm³/mol. The van der Waals surface area contributed by atoms with Gasteiger partial charge in [-0.25, -0.2) is 0 Å². The van der Waals surface area contributed by atoms with Crippen molar-refractivity contribution in [3.05, 3.63) is 0 Å². The van der Waals surface area contributed by atoms with E-state index in [0.717, 1.165) is 0 Å². The summed E-state index contributed by atoms with van der Waals surface area (Å²) in [4.78, 5) is 10.3. The third kappa shape index (κ3) is 3.97. The molecule has 3 heteroatoms. The Morgan fingerprint density at radius 2 is 2.44 bits per heavy atom. The highest BCUT2D eigenvalue weighted by Crippen LogP contribution is 2.01. The van der Waals surface area contributed by atoms with Crippen LogP contribution in [0.25, 0.3) is 0 Å². The Balaban J connectivity index is 4.25. The van der Waals surface area contributed by atoms with E-state index in [1.807, 2.05) is 0 Å². The molecule has 0 aliphatic carbocycles. The molecule has 3 N–H and O–H groups in total. The summed E-state index contributed by atoms with van der Waals surface area (Å²) < 4.78 is 14.6. The van der Waals surface area contributed by atoms with Crippen LogP contribution in [0.15, 0.2) is 0 Å². The second-order valence-electron chi connectivity index (χ2n) is 2.11. The van der Waals surface area contributed by atoms with Crippen LogP contribution >= 0.6 is 0 Å². The smallest absolute Gasteiger partial charge is 0.320 e. The summed E-state index contributed by atoms with van der Waals surface area (Å²) >= 11 is 0. The van der Waals surface area contributed by atoms with E-state index in [0.29, 0.717) is 0 Å². The van der Waals surface area contributed by atoms with Crippen molar-refractivity contribution < 1.29 is 12.6 Å². The van der Waals surface area contributed by atoms with E-state index in [4.69, 9.17) is 13.6 Å². The SMILES string of the molecule is [2H][13C@@H]([C@H]([15NH2])C(=O)O)C([2H])(C)[13CH3]. The van der Waals surface area contributed by atoms with Crippen molar-refractivity contribution >= 4 is 5.97 Å². The number of hydrogen-bond acceptors (Lipinski definition) is 2. The number of rotatable bonds is 3. The van der Waals surface area contributed by atoms with Gasteiger partial charge in [0.15, 0.2) is 0 Å². The van der Waals surface area contributed by atoms with Gasteiger partial charge in [0, 0.05) is 2.74 Å². The molecule has 54 valence electrons. The Bertz CT molecular complexity index is 155. The van der Waals surface area contributed by atoms with E-state index < -0.39 is 24.3 Å². The Hall–Kier alpha value is -0.570. The first-order chi connectivity index (χ1) is 4.76. The first-order valence-electron chi connectivity index (χ1n) is 3.75. The number of carboxylic acid groups (broad SMARTS) is 1. The van der Waals surface area contributed by atoms with Gasteiger partial charge in [-0.2, -0.15) is 0 Å². The van der Waals surface area contributed by atoms with Gasteiger partial charge in [-0.1, -0.05) is 13.8 Å². The average Bonchev–Trinajstić information content (AvgIpc) is 1.82. The normalized spacial score (nSPS) is 27.0. The van der Waals surface area contributed by atoms with E-state index in [2.05, 4.69) is 0 Å². The molecule has 0 rings (SSSR count). The molecule has 0 aliphatic rings. The van der Waals surface area contributed by atoms with Crippen LogP contribution in [0.1, 0.15) is 23.0 Å². The highest BCUT2D eigenvalue weighted by atomic mass is 16.4. The molecule has 0 aromatic heterocycles. The van der Waals surface area contributed by atoms with Crippen molar-refractivity contribution in [1.29, 1.82) is 0 Å². The molecule has 3 nitrogen and oxygen atoms in total. The Morgan fingerprint density at radius 3 is 2.56 bits per heavy atom. The number of nitrogens with two attached hydrogens (primary N) is 1. The minimum atomic E-state index is -1.28. The summed E-state index contributed by atoms with van der Waals surface area (Å²) in [5.41, 5.74) is 5.14. The quantitative estimate of drug-likeness (QED) is 0.437. The van der Waals surface area contributed by atoms with Crippen LogP contribution in [0, 0.1) is 5.89 Å². The van der Waals surface area contributed by atoms with Gasteiger partial charge in [0.05, 0.1) is 0 Å². The molecule has 0 saturated heterocycles. The largest absolute Gasteiger partial charge is 0.480 e. The van der Waals surface area contributed by atoms with Crippen molar-refractivity contribution in [3.63, 3.8) is 0 Å². The summed E-state index contributed by atoms with van der Waals surface area (Å²) in [5, 5.41) is 8.39. The first-order valence-corrected chi connectivity index (χ1v) is 2.67. The summed E-state index contributed by atoms with van der Waals surface area (Å²) in [6, 6.07) is -1.28. The van der Waals surface area contributed by atoms with Crippen LogP contribution in [0.5, 0.6) is 0 Å². The summed E-state index contributed by atoms with van der Waals surface area (Å²) in [5.74, 6) is -2.36. The third-order valence-electron chi connectivity index (χ3n) is 0.798. The lowest BCUT2D eigenvalue weighted by atomic mass is 10.3. The van der Waals surface area contributed by atoms with Crippen molar-refractivity contribution in [2.75, 3.05) is 0 Å². The molecule has 0 amide bonds. The average molecular weight is 136 g/mol. The molecule has 0 heterocycles. The summed E-state index contributed by atoms with van der Waals surface area (Å²) in [6.45, 7) is 2.93. The molecule has 0 aromatic rings. The van der Waals surface area contributed by atoms with Crippen LogP contribution in [-0.2, 0) is 4.79 Å². The molecule has 0 fully saturated rings. The minimum absolute atomic E-state index is 1.10. The van der Waals surface area contributed by atoms with Gasteiger partial charge in [0.25, 0.3) is 0 Å². The molecule has 3 atom stereocenters. The molecule has 0 aliphatic heterocycles. The zero-order valence-electron chi connectivity index (χ0n) is 7.59. The second-order valence-corrected chi connectivity index (χ2v) is 2.11. The summed E-state index contributed by atoms with van der Waals surface area (Å²) in [7, 11) is 0. The van der Waals surface area contributed by atoms with Gasteiger partial charge in [0.1, 0.15) is 6.04 Å². The fraction of sp³-hybridized carbons (Fsp3) is 0.833. The Kier molecular flexibility index (Phi) is 2.01. The van der Waals surface area contributed by atoms with Crippen LogP contribution in [0.3, 0.4) is 0 Å². The van der Waals surface area contributed by atoms with Gasteiger partial charge in [0.2, 0.25) is 0 Å². The highest BCUT2D eigenvalue weighted by Gasteiger charge is 2.11. The predicted octanol–water partition coefficient (Wildman–Crippen LogP) is 0.444. The zero-order valence-corrected chi connectivity index (χ0v) is 5.59. The van der Waals surface area contributed by atoms with Crippen LogP contribution in [-0.4, -0.2) is 17.1 Å². The zero-order chi connectivity index (χ0) is 9.23. The highest BCUT2D eigenvalue weighted by molar-refractivity contribution is 5.72.